The van der Waals surface area contributed by atoms with E-state index in [4.69, 9.17) is 0 Å². The Morgan fingerprint density at radius 1 is 1.75 bits per heavy atom. The third kappa shape index (κ3) is 1.12. The van der Waals surface area contributed by atoms with Gasteiger partial charge in [0.15, 0.2) is 0 Å². The lowest BCUT2D eigenvalue weighted by molar-refractivity contribution is 0.212. The standard InChI is InChI=1S/C5H10N2O/c1-8-7-5-3-2-4-6-5/h2-4H2,1H3,(H,6,7). The highest BCUT2D eigenvalue weighted by Gasteiger charge is 2.05. The summed E-state index contributed by atoms with van der Waals surface area (Å²) in [7, 11) is 1.56. The summed E-state index contributed by atoms with van der Waals surface area (Å²) >= 11 is 0. The largest absolute Gasteiger partial charge is 0.398 e. The van der Waals surface area contributed by atoms with E-state index in [1.807, 2.05) is 0 Å². The summed E-state index contributed by atoms with van der Waals surface area (Å²) in [5.41, 5.74) is 0. The van der Waals surface area contributed by atoms with Crippen molar-refractivity contribution >= 4 is 5.84 Å². The molecule has 0 atom stereocenters. The molecule has 3 heteroatoms. The van der Waals surface area contributed by atoms with Gasteiger partial charge in [-0.15, -0.1) is 0 Å². The molecule has 1 fully saturated rings. The SMILES string of the molecule is CO/N=C1\CCCN1. The second-order valence-electron chi connectivity index (χ2n) is 1.75. The van der Waals surface area contributed by atoms with Gasteiger partial charge in [-0.1, -0.05) is 5.16 Å². The van der Waals surface area contributed by atoms with Crippen LogP contribution in [0.2, 0.25) is 0 Å². The first-order chi connectivity index (χ1) is 3.93. The molecule has 0 aromatic rings. The minimum Gasteiger partial charge on any atom is -0.398 e. The van der Waals surface area contributed by atoms with Gasteiger partial charge in [0, 0.05) is 13.0 Å². The van der Waals surface area contributed by atoms with E-state index in [9.17, 15) is 0 Å². The van der Waals surface area contributed by atoms with Gasteiger partial charge < -0.3 is 10.2 Å². The lowest BCUT2D eigenvalue weighted by atomic mass is 10.4. The molecule has 1 rings (SSSR count). The van der Waals surface area contributed by atoms with Gasteiger partial charge in [0.1, 0.15) is 12.9 Å². The maximum atomic E-state index is 4.55. The lowest BCUT2D eigenvalue weighted by Crippen LogP contribution is -2.13. The number of hydrogen-bond donors (Lipinski definition) is 1. The zero-order valence-electron chi connectivity index (χ0n) is 4.98. The van der Waals surface area contributed by atoms with E-state index in [0.717, 1.165) is 18.8 Å². The summed E-state index contributed by atoms with van der Waals surface area (Å²) in [6.45, 7) is 1.04. The molecular weight excluding hydrogens is 104 g/mol. The van der Waals surface area contributed by atoms with E-state index in [1.54, 1.807) is 7.11 Å². The van der Waals surface area contributed by atoms with Crippen LogP contribution in [0.3, 0.4) is 0 Å². The molecule has 3 nitrogen and oxygen atoms in total. The highest BCUT2D eigenvalue weighted by molar-refractivity contribution is 5.83. The molecule has 0 aromatic carbocycles. The van der Waals surface area contributed by atoms with Crippen LogP contribution < -0.4 is 5.32 Å². The molecule has 0 aromatic heterocycles. The molecule has 1 saturated heterocycles. The predicted octanol–water partition coefficient (Wildman–Crippen LogP) is 0.330. The highest BCUT2D eigenvalue weighted by atomic mass is 16.6. The van der Waals surface area contributed by atoms with E-state index in [1.165, 1.54) is 6.42 Å². The van der Waals surface area contributed by atoms with Gasteiger partial charge in [-0.25, -0.2) is 0 Å². The molecule has 0 aliphatic carbocycles. The Labute approximate surface area is 48.7 Å². The van der Waals surface area contributed by atoms with Crippen LogP contribution >= 0.6 is 0 Å². The van der Waals surface area contributed by atoms with Crippen molar-refractivity contribution in [3.63, 3.8) is 0 Å². The Morgan fingerprint density at radius 3 is 3.12 bits per heavy atom. The third-order valence-corrected chi connectivity index (χ3v) is 1.12. The minimum absolute atomic E-state index is 0.979. The molecule has 8 heavy (non-hydrogen) atoms. The Morgan fingerprint density at radius 2 is 2.62 bits per heavy atom. The molecule has 0 bridgehead atoms. The molecular formula is C5H10N2O. The minimum atomic E-state index is 0.979. The monoisotopic (exact) mass is 114 g/mol. The van der Waals surface area contributed by atoms with Crippen molar-refractivity contribution in [3.8, 4) is 0 Å². The first-order valence-electron chi connectivity index (χ1n) is 2.77. The fraction of sp³-hybridized carbons (Fsp3) is 0.800. The molecule has 0 saturated carbocycles. The van der Waals surface area contributed by atoms with Crippen molar-refractivity contribution < 1.29 is 4.84 Å². The van der Waals surface area contributed by atoms with Crippen molar-refractivity contribution in [1.29, 1.82) is 0 Å². The average molecular weight is 114 g/mol. The first-order valence-corrected chi connectivity index (χ1v) is 2.77. The van der Waals surface area contributed by atoms with Gasteiger partial charge in [0.2, 0.25) is 0 Å². The van der Waals surface area contributed by atoms with Crippen LogP contribution in [0.5, 0.6) is 0 Å². The maximum absolute atomic E-state index is 4.55. The molecule has 1 heterocycles. The number of hydrogen-bond acceptors (Lipinski definition) is 2. The third-order valence-electron chi connectivity index (χ3n) is 1.12. The fourth-order valence-electron chi connectivity index (χ4n) is 0.765. The second kappa shape index (κ2) is 2.55. The topological polar surface area (TPSA) is 33.6 Å². The van der Waals surface area contributed by atoms with Crippen LogP contribution in [0, 0.1) is 0 Å². The molecule has 0 unspecified atom stereocenters. The maximum Gasteiger partial charge on any atom is 0.141 e. The Bertz CT molecular complexity index is 92.6. The van der Waals surface area contributed by atoms with Crippen molar-refractivity contribution in [1.82, 2.24) is 5.32 Å². The van der Waals surface area contributed by atoms with Gasteiger partial charge in [-0.2, -0.15) is 0 Å². The summed E-state index contributed by atoms with van der Waals surface area (Å²) in [6, 6.07) is 0. The number of nitrogens with zero attached hydrogens (tertiary/aromatic N) is 1. The highest BCUT2D eigenvalue weighted by Crippen LogP contribution is 1.97. The quantitative estimate of drug-likeness (QED) is 0.498. The predicted molar refractivity (Wildman–Crippen MR) is 31.7 cm³/mol. The second-order valence-corrected chi connectivity index (χ2v) is 1.75. The molecule has 1 aliphatic rings. The summed E-state index contributed by atoms with van der Waals surface area (Å²) in [5, 5.41) is 6.81. The van der Waals surface area contributed by atoms with E-state index in [-0.39, 0.29) is 0 Å². The molecule has 46 valence electrons. The molecule has 1 N–H and O–H groups in total. The van der Waals surface area contributed by atoms with Crippen molar-refractivity contribution in [3.05, 3.63) is 0 Å². The fourth-order valence-corrected chi connectivity index (χ4v) is 0.765. The van der Waals surface area contributed by atoms with E-state index < -0.39 is 0 Å². The van der Waals surface area contributed by atoms with Crippen LogP contribution in [0.4, 0.5) is 0 Å². The van der Waals surface area contributed by atoms with Crippen LogP contribution in [0.15, 0.2) is 5.16 Å². The number of rotatable bonds is 1. The summed E-state index contributed by atoms with van der Waals surface area (Å²) in [5.74, 6) is 0.979. The lowest BCUT2D eigenvalue weighted by Gasteiger charge is -1.92. The first kappa shape index (κ1) is 5.41. The summed E-state index contributed by atoms with van der Waals surface area (Å²) in [4.78, 5) is 4.55. The van der Waals surface area contributed by atoms with Crippen molar-refractivity contribution in [2.24, 2.45) is 5.16 Å². The number of nitrogens with one attached hydrogen (secondary N) is 1. The zero-order chi connectivity index (χ0) is 5.82. The Balaban J connectivity index is 2.33. The Hall–Kier alpha value is -0.730. The number of amidine groups is 1. The van der Waals surface area contributed by atoms with Gasteiger partial charge in [-0.3, -0.25) is 0 Å². The average Bonchev–Trinajstić information content (AvgIpc) is 2.19. The Kier molecular flexibility index (Phi) is 1.72. The van der Waals surface area contributed by atoms with Gasteiger partial charge in [0.25, 0.3) is 0 Å². The smallest absolute Gasteiger partial charge is 0.141 e. The normalized spacial score (nSPS) is 23.4. The van der Waals surface area contributed by atoms with Gasteiger partial charge in [-0.05, 0) is 6.42 Å². The van der Waals surface area contributed by atoms with Crippen LogP contribution in [-0.2, 0) is 4.84 Å². The summed E-state index contributed by atoms with van der Waals surface area (Å²) < 4.78 is 0. The van der Waals surface area contributed by atoms with E-state index in [2.05, 4.69) is 15.3 Å². The molecule has 0 radical (unpaired) electrons. The summed E-state index contributed by atoms with van der Waals surface area (Å²) in [6.07, 6.45) is 2.22. The van der Waals surface area contributed by atoms with Gasteiger partial charge in [0.05, 0.1) is 0 Å². The van der Waals surface area contributed by atoms with Crippen LogP contribution in [0.1, 0.15) is 12.8 Å². The van der Waals surface area contributed by atoms with Crippen LogP contribution in [-0.4, -0.2) is 19.5 Å². The molecule has 0 spiro atoms. The molecule has 0 amide bonds. The van der Waals surface area contributed by atoms with Gasteiger partial charge >= 0.3 is 0 Å². The van der Waals surface area contributed by atoms with Crippen LogP contribution in [0.25, 0.3) is 0 Å². The van der Waals surface area contributed by atoms with Crippen molar-refractivity contribution in [2.45, 2.75) is 12.8 Å². The number of oxime groups is 1. The van der Waals surface area contributed by atoms with E-state index in [0.29, 0.717) is 0 Å². The van der Waals surface area contributed by atoms with E-state index >= 15 is 0 Å². The molecule has 1 aliphatic heterocycles. The zero-order valence-corrected chi connectivity index (χ0v) is 4.98. The van der Waals surface area contributed by atoms with Crippen molar-refractivity contribution in [2.75, 3.05) is 13.7 Å².